The van der Waals surface area contributed by atoms with E-state index in [1.807, 2.05) is 0 Å². The van der Waals surface area contributed by atoms with Gasteiger partial charge in [-0.2, -0.15) is 4.31 Å². The molecular formula is C12H15BrN2O2S2. The molecule has 0 radical (unpaired) electrons. The lowest BCUT2D eigenvalue weighted by Crippen LogP contribution is -2.33. The normalized spacial score (nSPS) is 15.7. The van der Waals surface area contributed by atoms with E-state index in [0.29, 0.717) is 22.8 Å². The van der Waals surface area contributed by atoms with E-state index in [1.54, 1.807) is 6.07 Å². The Kier molecular flexibility index (Phi) is 4.69. The molecule has 0 unspecified atom stereocenters. The second-order valence-electron chi connectivity index (χ2n) is 4.50. The molecule has 2 N–H and O–H groups in total. The number of rotatable bonds is 6. The standard InChI is InChI=1S/C12H15BrN2O2S2/c1-2-5-15(8-9-3-4-9)19(16,17)11-6-10(7-14)18-12(11)13/h1,6,9H,3-5,7-8,14H2. The molecular weight excluding hydrogens is 348 g/mol. The molecule has 1 aliphatic carbocycles. The molecule has 7 heteroatoms. The predicted octanol–water partition coefficient (Wildman–Crippen LogP) is 2.00. The third kappa shape index (κ3) is 3.38. The molecule has 0 amide bonds. The number of hydrogen-bond donors (Lipinski definition) is 1. The highest BCUT2D eigenvalue weighted by Gasteiger charge is 2.33. The van der Waals surface area contributed by atoms with Crippen LogP contribution in [0.1, 0.15) is 17.7 Å². The van der Waals surface area contributed by atoms with Crippen LogP contribution in [0.2, 0.25) is 0 Å². The molecule has 104 valence electrons. The van der Waals surface area contributed by atoms with Gasteiger partial charge in [-0.1, -0.05) is 5.92 Å². The largest absolute Gasteiger partial charge is 0.326 e. The van der Waals surface area contributed by atoms with Gasteiger partial charge < -0.3 is 5.73 Å². The topological polar surface area (TPSA) is 63.4 Å². The first-order valence-corrected chi connectivity index (χ1v) is 8.96. The van der Waals surface area contributed by atoms with Crippen molar-refractivity contribution in [3.63, 3.8) is 0 Å². The van der Waals surface area contributed by atoms with Crippen molar-refractivity contribution in [1.82, 2.24) is 4.31 Å². The van der Waals surface area contributed by atoms with Gasteiger partial charge in [0.2, 0.25) is 10.0 Å². The van der Waals surface area contributed by atoms with E-state index in [2.05, 4.69) is 21.9 Å². The average Bonchev–Trinajstić information content (AvgIpc) is 3.09. The van der Waals surface area contributed by atoms with Gasteiger partial charge in [-0.05, 0) is 40.8 Å². The molecule has 1 saturated carbocycles. The maximum Gasteiger partial charge on any atom is 0.245 e. The quantitative estimate of drug-likeness (QED) is 0.787. The molecule has 0 spiro atoms. The smallest absolute Gasteiger partial charge is 0.245 e. The van der Waals surface area contributed by atoms with Crippen molar-refractivity contribution in [2.45, 2.75) is 24.3 Å². The van der Waals surface area contributed by atoms with Crippen molar-refractivity contribution in [1.29, 1.82) is 0 Å². The highest BCUT2D eigenvalue weighted by atomic mass is 79.9. The van der Waals surface area contributed by atoms with Crippen LogP contribution in [0.15, 0.2) is 14.7 Å². The van der Waals surface area contributed by atoms with Crippen LogP contribution in [0, 0.1) is 18.3 Å². The SMILES string of the molecule is C#CCN(CC1CC1)S(=O)(=O)c1cc(CN)sc1Br. The third-order valence-electron chi connectivity index (χ3n) is 2.95. The fourth-order valence-corrected chi connectivity index (χ4v) is 5.69. The predicted molar refractivity (Wildman–Crippen MR) is 80.2 cm³/mol. The summed E-state index contributed by atoms with van der Waals surface area (Å²) in [6.45, 7) is 0.947. The van der Waals surface area contributed by atoms with E-state index in [4.69, 9.17) is 12.2 Å². The summed E-state index contributed by atoms with van der Waals surface area (Å²) >= 11 is 4.65. The van der Waals surface area contributed by atoms with Crippen LogP contribution in [0.25, 0.3) is 0 Å². The molecule has 1 heterocycles. The van der Waals surface area contributed by atoms with E-state index in [1.165, 1.54) is 15.6 Å². The molecule has 0 aliphatic heterocycles. The first-order valence-electron chi connectivity index (χ1n) is 5.91. The van der Waals surface area contributed by atoms with Crippen molar-refractivity contribution >= 4 is 37.3 Å². The Morgan fingerprint density at radius 1 is 1.58 bits per heavy atom. The van der Waals surface area contributed by atoms with E-state index in [0.717, 1.165) is 17.7 Å². The molecule has 0 atom stereocenters. The minimum atomic E-state index is -3.54. The Labute approximate surface area is 126 Å². The van der Waals surface area contributed by atoms with E-state index < -0.39 is 10.0 Å². The molecule has 0 bridgehead atoms. The lowest BCUT2D eigenvalue weighted by Gasteiger charge is -2.19. The van der Waals surface area contributed by atoms with E-state index in [-0.39, 0.29) is 11.4 Å². The van der Waals surface area contributed by atoms with Crippen molar-refractivity contribution in [2.75, 3.05) is 13.1 Å². The highest BCUT2D eigenvalue weighted by molar-refractivity contribution is 9.11. The molecule has 0 aromatic carbocycles. The molecule has 1 fully saturated rings. The van der Waals surface area contributed by atoms with Gasteiger partial charge in [-0.3, -0.25) is 0 Å². The Morgan fingerprint density at radius 3 is 2.74 bits per heavy atom. The molecule has 1 aliphatic rings. The summed E-state index contributed by atoms with van der Waals surface area (Å²) in [5.41, 5.74) is 5.55. The molecule has 2 rings (SSSR count). The van der Waals surface area contributed by atoms with Crippen molar-refractivity contribution in [2.24, 2.45) is 11.7 Å². The molecule has 19 heavy (non-hydrogen) atoms. The summed E-state index contributed by atoms with van der Waals surface area (Å²) in [6, 6.07) is 1.63. The van der Waals surface area contributed by atoms with Crippen LogP contribution in [0.3, 0.4) is 0 Å². The second kappa shape index (κ2) is 5.94. The van der Waals surface area contributed by atoms with Crippen LogP contribution in [-0.2, 0) is 16.6 Å². The number of nitrogens with two attached hydrogens (primary N) is 1. The number of hydrogen-bond acceptors (Lipinski definition) is 4. The van der Waals surface area contributed by atoms with Gasteiger partial charge in [0.25, 0.3) is 0 Å². The number of sulfonamides is 1. The van der Waals surface area contributed by atoms with E-state index >= 15 is 0 Å². The second-order valence-corrected chi connectivity index (χ2v) is 8.86. The summed E-state index contributed by atoms with van der Waals surface area (Å²) in [6.07, 6.45) is 7.44. The van der Waals surface area contributed by atoms with Gasteiger partial charge in [-0.15, -0.1) is 17.8 Å². The Balaban J connectivity index is 2.31. The van der Waals surface area contributed by atoms with Gasteiger partial charge in [0.05, 0.1) is 10.3 Å². The zero-order chi connectivity index (χ0) is 14.0. The summed E-state index contributed by atoms with van der Waals surface area (Å²) < 4.78 is 27.2. The van der Waals surface area contributed by atoms with Crippen molar-refractivity contribution < 1.29 is 8.42 Å². The molecule has 0 saturated heterocycles. The maximum absolute atomic E-state index is 12.6. The summed E-state index contributed by atoms with van der Waals surface area (Å²) in [4.78, 5) is 1.10. The zero-order valence-electron chi connectivity index (χ0n) is 10.3. The Hall–Kier alpha value is -0.390. The zero-order valence-corrected chi connectivity index (χ0v) is 13.5. The van der Waals surface area contributed by atoms with Gasteiger partial charge in [0, 0.05) is 18.0 Å². The lowest BCUT2D eigenvalue weighted by molar-refractivity contribution is 0.430. The maximum atomic E-state index is 12.6. The van der Waals surface area contributed by atoms with Crippen LogP contribution >= 0.6 is 27.3 Å². The first kappa shape index (κ1) is 15.0. The van der Waals surface area contributed by atoms with Gasteiger partial charge in [0.1, 0.15) is 4.90 Å². The number of halogens is 1. The molecule has 1 aromatic heterocycles. The monoisotopic (exact) mass is 362 g/mol. The van der Waals surface area contributed by atoms with Gasteiger partial charge in [-0.25, -0.2) is 8.42 Å². The first-order chi connectivity index (χ1) is 8.98. The van der Waals surface area contributed by atoms with Gasteiger partial charge >= 0.3 is 0 Å². The minimum absolute atomic E-state index is 0.110. The average molecular weight is 363 g/mol. The van der Waals surface area contributed by atoms with E-state index in [9.17, 15) is 8.42 Å². The third-order valence-corrected chi connectivity index (χ3v) is 7.04. The minimum Gasteiger partial charge on any atom is -0.326 e. The summed E-state index contributed by atoms with van der Waals surface area (Å²) in [5.74, 6) is 2.88. The van der Waals surface area contributed by atoms with Gasteiger partial charge in [0.15, 0.2) is 0 Å². The highest BCUT2D eigenvalue weighted by Crippen LogP contribution is 2.36. The summed E-state index contributed by atoms with van der Waals surface area (Å²) in [7, 11) is -3.54. The van der Waals surface area contributed by atoms with Crippen LogP contribution in [-0.4, -0.2) is 25.8 Å². The molecule has 1 aromatic rings. The Bertz CT molecular complexity index is 600. The number of terminal acetylenes is 1. The number of thiophene rings is 1. The van der Waals surface area contributed by atoms with Crippen LogP contribution in [0.5, 0.6) is 0 Å². The number of nitrogens with zero attached hydrogens (tertiary/aromatic N) is 1. The fourth-order valence-electron chi connectivity index (χ4n) is 1.75. The van der Waals surface area contributed by atoms with Crippen molar-refractivity contribution in [3.05, 3.63) is 14.7 Å². The van der Waals surface area contributed by atoms with Crippen LogP contribution < -0.4 is 5.73 Å². The van der Waals surface area contributed by atoms with Crippen molar-refractivity contribution in [3.8, 4) is 12.3 Å². The lowest BCUT2D eigenvalue weighted by atomic mass is 10.4. The fraction of sp³-hybridized carbons (Fsp3) is 0.500. The van der Waals surface area contributed by atoms with Crippen LogP contribution in [0.4, 0.5) is 0 Å². The summed E-state index contributed by atoms with van der Waals surface area (Å²) in [5, 5.41) is 0. The Morgan fingerprint density at radius 2 is 2.26 bits per heavy atom. The molecule has 4 nitrogen and oxygen atoms in total.